The average Bonchev–Trinajstić information content (AvgIpc) is 2.74. The monoisotopic (exact) mass is 353 g/mol. The standard InChI is InChI=1S/C24H17OP/c25-26-22-17-16-21(18-10-4-1-5-11-18)23(19-12-6-2-7-13-19)24(22)20-14-8-3-9-15-20/h1-17H/p+1. The average molecular weight is 353 g/mol. The van der Waals surface area contributed by atoms with Crippen LogP contribution in [0.4, 0.5) is 0 Å². The van der Waals surface area contributed by atoms with Gasteiger partial charge >= 0.3 is 8.46 Å². The first-order chi connectivity index (χ1) is 12.9. The molecule has 1 nitrogen and oxygen atoms in total. The van der Waals surface area contributed by atoms with E-state index >= 15 is 0 Å². The summed E-state index contributed by atoms with van der Waals surface area (Å²) >= 11 is 0. The Morgan fingerprint density at radius 3 is 1.42 bits per heavy atom. The maximum Gasteiger partial charge on any atom is 0.363 e. The summed E-state index contributed by atoms with van der Waals surface area (Å²) in [5, 5.41) is 0.856. The molecule has 0 fully saturated rings. The maximum atomic E-state index is 12.0. The molecule has 0 heterocycles. The number of hydrogen-bond acceptors (Lipinski definition) is 1. The summed E-state index contributed by atoms with van der Waals surface area (Å²) in [4.78, 5) is 0. The largest absolute Gasteiger partial charge is 0.363 e. The molecule has 0 saturated carbocycles. The molecule has 4 rings (SSSR count). The molecule has 26 heavy (non-hydrogen) atoms. The van der Waals surface area contributed by atoms with Crippen molar-refractivity contribution in [2.75, 3.05) is 0 Å². The molecule has 4 aromatic rings. The van der Waals surface area contributed by atoms with Gasteiger partial charge in [-0.2, -0.15) is 0 Å². The van der Waals surface area contributed by atoms with Gasteiger partial charge < -0.3 is 0 Å². The molecule has 0 saturated heterocycles. The predicted molar refractivity (Wildman–Crippen MR) is 111 cm³/mol. The fourth-order valence-electron chi connectivity index (χ4n) is 3.36. The zero-order valence-corrected chi connectivity index (χ0v) is 15.2. The highest BCUT2D eigenvalue weighted by molar-refractivity contribution is 7.34. The van der Waals surface area contributed by atoms with E-state index < -0.39 is 8.46 Å². The lowest BCUT2D eigenvalue weighted by Crippen LogP contribution is -2.02. The van der Waals surface area contributed by atoms with Gasteiger partial charge in [-0.25, -0.2) is 0 Å². The Labute approximate surface area is 155 Å². The summed E-state index contributed by atoms with van der Waals surface area (Å²) in [7, 11) is -0.500. The SMILES string of the molecule is O=[PH+]c1ccc(-c2ccccc2)c(-c2ccccc2)c1-c1ccccc1. The van der Waals surface area contributed by atoms with Gasteiger partial charge in [-0.05, 0) is 34.4 Å². The second-order valence-electron chi connectivity index (χ2n) is 6.11. The van der Waals surface area contributed by atoms with Crippen LogP contribution in [0.1, 0.15) is 0 Å². The highest BCUT2D eigenvalue weighted by atomic mass is 31.1. The molecule has 0 amide bonds. The first-order valence-corrected chi connectivity index (χ1v) is 9.51. The van der Waals surface area contributed by atoms with E-state index in [-0.39, 0.29) is 0 Å². The van der Waals surface area contributed by atoms with Crippen molar-refractivity contribution in [2.24, 2.45) is 0 Å². The molecule has 0 aliphatic heterocycles. The van der Waals surface area contributed by atoms with Gasteiger partial charge in [0.25, 0.3) is 0 Å². The minimum absolute atomic E-state index is 0.500. The third-order valence-corrected chi connectivity index (χ3v) is 5.16. The molecule has 0 radical (unpaired) electrons. The lowest BCUT2D eigenvalue weighted by Gasteiger charge is -2.16. The second-order valence-corrected chi connectivity index (χ2v) is 6.85. The van der Waals surface area contributed by atoms with Crippen LogP contribution in [-0.2, 0) is 4.57 Å². The second kappa shape index (κ2) is 7.47. The van der Waals surface area contributed by atoms with E-state index in [0.717, 1.165) is 38.7 Å². The Morgan fingerprint density at radius 2 is 0.923 bits per heavy atom. The molecule has 0 spiro atoms. The van der Waals surface area contributed by atoms with E-state index in [1.54, 1.807) is 0 Å². The van der Waals surface area contributed by atoms with Gasteiger partial charge in [0.1, 0.15) is 0 Å². The normalized spacial score (nSPS) is 10.8. The van der Waals surface area contributed by atoms with E-state index in [2.05, 4.69) is 54.6 Å². The minimum Gasteiger partial charge on any atom is -0.0707 e. The Morgan fingerprint density at radius 1 is 0.462 bits per heavy atom. The minimum atomic E-state index is -0.500. The van der Waals surface area contributed by atoms with Crippen molar-refractivity contribution in [3.63, 3.8) is 0 Å². The van der Waals surface area contributed by atoms with Crippen LogP contribution in [0.15, 0.2) is 103 Å². The molecule has 0 bridgehead atoms. The topological polar surface area (TPSA) is 17.1 Å². The van der Waals surface area contributed by atoms with Crippen LogP contribution in [0.2, 0.25) is 0 Å². The molecule has 1 unspecified atom stereocenters. The van der Waals surface area contributed by atoms with Crippen LogP contribution in [0.5, 0.6) is 0 Å². The molecule has 0 N–H and O–H groups in total. The molecule has 124 valence electrons. The van der Waals surface area contributed by atoms with Gasteiger partial charge in [-0.15, -0.1) is 0 Å². The summed E-state index contributed by atoms with van der Waals surface area (Å²) in [6.07, 6.45) is 0. The van der Waals surface area contributed by atoms with E-state index in [4.69, 9.17) is 0 Å². The zero-order valence-electron chi connectivity index (χ0n) is 14.2. The Hall–Kier alpha value is -3.02. The summed E-state index contributed by atoms with van der Waals surface area (Å²) in [5.74, 6) is 0. The summed E-state index contributed by atoms with van der Waals surface area (Å²) in [5.41, 5.74) is 6.70. The van der Waals surface area contributed by atoms with Gasteiger partial charge in [0.2, 0.25) is 0 Å². The fourth-order valence-corrected chi connectivity index (χ4v) is 3.88. The van der Waals surface area contributed by atoms with Gasteiger partial charge in [0.05, 0.1) is 0 Å². The Balaban J connectivity index is 2.11. The molecule has 4 aromatic carbocycles. The highest BCUT2D eigenvalue weighted by Gasteiger charge is 2.21. The molecule has 2 heteroatoms. The zero-order chi connectivity index (χ0) is 17.8. The quantitative estimate of drug-likeness (QED) is 0.391. The van der Waals surface area contributed by atoms with Crippen LogP contribution < -0.4 is 5.30 Å². The van der Waals surface area contributed by atoms with Gasteiger partial charge in [0.15, 0.2) is 5.30 Å². The first kappa shape index (κ1) is 16.4. The molecule has 0 aromatic heterocycles. The summed E-state index contributed by atoms with van der Waals surface area (Å²) < 4.78 is 12.0. The molecular weight excluding hydrogens is 335 g/mol. The van der Waals surface area contributed by atoms with Crippen LogP contribution in [0.25, 0.3) is 33.4 Å². The van der Waals surface area contributed by atoms with Crippen molar-refractivity contribution in [1.82, 2.24) is 0 Å². The van der Waals surface area contributed by atoms with E-state index in [1.807, 2.05) is 48.5 Å². The van der Waals surface area contributed by atoms with Gasteiger partial charge in [0, 0.05) is 11.1 Å². The van der Waals surface area contributed by atoms with Crippen molar-refractivity contribution in [3.05, 3.63) is 103 Å². The van der Waals surface area contributed by atoms with E-state index in [0.29, 0.717) is 0 Å². The molecule has 1 atom stereocenters. The van der Waals surface area contributed by atoms with Crippen LogP contribution >= 0.6 is 8.46 Å². The van der Waals surface area contributed by atoms with Crippen molar-refractivity contribution in [3.8, 4) is 33.4 Å². The van der Waals surface area contributed by atoms with E-state index in [1.165, 1.54) is 0 Å². The molecule has 0 aliphatic rings. The number of benzene rings is 4. The third-order valence-electron chi connectivity index (χ3n) is 4.53. The number of hydrogen-bond donors (Lipinski definition) is 0. The van der Waals surface area contributed by atoms with Gasteiger partial charge in [-0.1, -0.05) is 95.6 Å². The molecular formula is C24H18OP+. The highest BCUT2D eigenvalue weighted by Crippen LogP contribution is 2.40. The predicted octanol–water partition coefficient (Wildman–Crippen LogP) is 6.34. The first-order valence-electron chi connectivity index (χ1n) is 8.60. The van der Waals surface area contributed by atoms with Crippen molar-refractivity contribution in [1.29, 1.82) is 0 Å². The molecule has 0 aliphatic carbocycles. The van der Waals surface area contributed by atoms with Crippen LogP contribution in [0, 0.1) is 0 Å². The van der Waals surface area contributed by atoms with Crippen molar-refractivity contribution < 1.29 is 4.57 Å². The van der Waals surface area contributed by atoms with Crippen LogP contribution in [-0.4, -0.2) is 0 Å². The van der Waals surface area contributed by atoms with E-state index in [9.17, 15) is 4.57 Å². The van der Waals surface area contributed by atoms with Crippen molar-refractivity contribution in [2.45, 2.75) is 0 Å². The maximum absolute atomic E-state index is 12.0. The van der Waals surface area contributed by atoms with Crippen molar-refractivity contribution >= 4 is 13.8 Å². The lowest BCUT2D eigenvalue weighted by molar-refractivity contribution is 0.603. The third kappa shape index (κ3) is 3.10. The summed E-state index contributed by atoms with van der Waals surface area (Å²) in [6, 6.07) is 35.0. The Kier molecular flexibility index (Phi) is 4.73. The van der Waals surface area contributed by atoms with Gasteiger partial charge in [-0.3, -0.25) is 0 Å². The van der Waals surface area contributed by atoms with Crippen LogP contribution in [0.3, 0.4) is 0 Å². The number of rotatable bonds is 4. The smallest absolute Gasteiger partial charge is 0.0707 e. The Bertz CT molecular complexity index is 1030. The lowest BCUT2D eigenvalue weighted by atomic mass is 9.87. The fraction of sp³-hybridized carbons (Fsp3) is 0. The summed E-state index contributed by atoms with van der Waals surface area (Å²) in [6.45, 7) is 0.